The number of rotatable bonds is 6. The highest BCUT2D eigenvalue weighted by Crippen LogP contribution is 2.37. The molecule has 1 fully saturated rings. The molecule has 2 aromatic carbocycles. The molecule has 3 aromatic rings. The molecule has 11 heteroatoms. The van der Waals surface area contributed by atoms with Gasteiger partial charge >= 0.3 is 0 Å². The van der Waals surface area contributed by atoms with Crippen molar-refractivity contribution < 1.29 is 31.3 Å². The van der Waals surface area contributed by atoms with Crippen LogP contribution in [0, 0.1) is 31.4 Å². The van der Waals surface area contributed by atoms with E-state index in [1.54, 1.807) is 4.90 Å². The van der Waals surface area contributed by atoms with E-state index < -0.39 is 21.7 Å². The normalized spacial score (nSPS) is 18.6. The molecular formula is C29H31F2N3O5S. The van der Waals surface area contributed by atoms with E-state index in [4.69, 9.17) is 9.26 Å². The molecule has 1 atom stereocenters. The predicted octanol–water partition coefficient (Wildman–Crippen LogP) is 5.34. The Morgan fingerprint density at radius 1 is 1.10 bits per heavy atom. The number of benzene rings is 2. The van der Waals surface area contributed by atoms with Gasteiger partial charge in [0.2, 0.25) is 15.9 Å². The van der Waals surface area contributed by atoms with E-state index in [-0.39, 0.29) is 52.9 Å². The number of carbonyl (C=O) groups excluding carboxylic acids is 1. The Morgan fingerprint density at radius 2 is 1.85 bits per heavy atom. The summed E-state index contributed by atoms with van der Waals surface area (Å²) in [6, 6.07) is 8.89. The third kappa shape index (κ3) is 5.40. The molecule has 0 N–H and O–H groups in total. The highest BCUT2D eigenvalue weighted by atomic mass is 32.2. The molecule has 212 valence electrons. The third-order valence-corrected chi connectivity index (χ3v) is 9.48. The Kier molecular flexibility index (Phi) is 7.78. The number of aryl methyl sites for hydroxylation is 2. The minimum Gasteiger partial charge on any atom is -0.486 e. The number of aromatic nitrogens is 1. The maximum Gasteiger partial charge on any atom is 0.248 e. The lowest BCUT2D eigenvalue weighted by Crippen LogP contribution is -2.49. The van der Waals surface area contributed by atoms with Gasteiger partial charge in [-0.1, -0.05) is 18.1 Å². The maximum absolute atomic E-state index is 14.1. The van der Waals surface area contributed by atoms with E-state index in [0.717, 1.165) is 29.8 Å². The molecule has 1 saturated heterocycles. The molecule has 0 unspecified atom stereocenters. The number of hydrogen-bond donors (Lipinski definition) is 0. The molecule has 2 aliphatic heterocycles. The number of halogens is 2. The van der Waals surface area contributed by atoms with Crippen LogP contribution in [0.4, 0.5) is 14.5 Å². The number of piperidine rings is 1. The fourth-order valence-electron chi connectivity index (χ4n) is 5.17. The second kappa shape index (κ2) is 11.1. The Morgan fingerprint density at radius 3 is 2.55 bits per heavy atom. The Hall–Kier alpha value is -3.57. The molecule has 1 amide bonds. The van der Waals surface area contributed by atoms with Crippen LogP contribution in [0.3, 0.4) is 0 Å². The van der Waals surface area contributed by atoms with E-state index >= 15 is 0 Å². The summed E-state index contributed by atoms with van der Waals surface area (Å²) >= 11 is 0. The van der Waals surface area contributed by atoms with Gasteiger partial charge in [0, 0.05) is 30.6 Å². The van der Waals surface area contributed by atoms with Crippen molar-refractivity contribution in [3.05, 3.63) is 70.6 Å². The summed E-state index contributed by atoms with van der Waals surface area (Å²) in [6.45, 7) is 6.26. The van der Waals surface area contributed by atoms with Crippen LogP contribution < -0.4 is 9.64 Å². The van der Waals surface area contributed by atoms with Crippen molar-refractivity contribution in [1.82, 2.24) is 9.46 Å². The topological polar surface area (TPSA) is 93.0 Å². The van der Waals surface area contributed by atoms with Gasteiger partial charge in [-0.3, -0.25) is 4.79 Å². The summed E-state index contributed by atoms with van der Waals surface area (Å²) in [4.78, 5) is 15.3. The number of hydrogen-bond acceptors (Lipinski definition) is 6. The highest BCUT2D eigenvalue weighted by Gasteiger charge is 2.39. The van der Waals surface area contributed by atoms with Gasteiger partial charge in [-0.05, 0) is 75.1 Å². The van der Waals surface area contributed by atoms with Crippen molar-refractivity contribution in [1.29, 1.82) is 0 Å². The number of nitrogens with zero attached hydrogens (tertiary/aromatic N) is 3. The molecular weight excluding hydrogens is 540 g/mol. The van der Waals surface area contributed by atoms with E-state index in [2.05, 4.69) is 5.16 Å². The largest absolute Gasteiger partial charge is 0.486 e. The van der Waals surface area contributed by atoms with Crippen molar-refractivity contribution in [3.63, 3.8) is 0 Å². The summed E-state index contributed by atoms with van der Waals surface area (Å²) in [7, 11) is -4.02. The molecule has 5 rings (SSSR count). The average Bonchev–Trinajstić information content (AvgIpc) is 3.32. The summed E-state index contributed by atoms with van der Waals surface area (Å²) in [5, 5.41) is 3.82. The summed E-state index contributed by atoms with van der Waals surface area (Å²) < 4.78 is 67.2. The number of anilines is 1. The maximum atomic E-state index is 14.1. The van der Waals surface area contributed by atoms with E-state index in [0.29, 0.717) is 25.1 Å². The van der Waals surface area contributed by atoms with Gasteiger partial charge < -0.3 is 14.2 Å². The zero-order chi connectivity index (χ0) is 28.6. The molecule has 0 saturated carbocycles. The number of fused-ring (bicyclic) bond motifs is 1. The van der Waals surface area contributed by atoms with Crippen LogP contribution in [0.25, 0.3) is 12.2 Å². The standard InChI is InChI=1S/C29H31F2N3O5S/c1-4-23-17-34(25-15-18(2)5-9-26(25)38-23)29(35)21-11-13-33(14-12-21)40(36,37)28-19(3)32-39-27(28)10-7-20-6-8-22(30)16-24(20)31/h5-10,15-16,21,23H,4,11-14,17H2,1-3H3/b10-7+/t23-/m0/s1. The molecule has 40 heavy (non-hydrogen) atoms. The smallest absolute Gasteiger partial charge is 0.248 e. The molecule has 0 aliphatic carbocycles. The lowest BCUT2D eigenvalue weighted by molar-refractivity contribution is -0.124. The number of amides is 1. The number of carbonyl (C=O) groups is 1. The van der Waals surface area contributed by atoms with Gasteiger partial charge in [0.25, 0.3) is 0 Å². The van der Waals surface area contributed by atoms with Crippen LogP contribution in [-0.2, 0) is 14.8 Å². The minimum atomic E-state index is -4.02. The van der Waals surface area contributed by atoms with Gasteiger partial charge in [0.05, 0.1) is 12.2 Å². The van der Waals surface area contributed by atoms with Gasteiger partial charge in [0.15, 0.2) is 10.7 Å². The predicted molar refractivity (Wildman–Crippen MR) is 146 cm³/mol. The van der Waals surface area contributed by atoms with E-state index in [1.165, 1.54) is 29.4 Å². The third-order valence-electron chi connectivity index (χ3n) is 7.42. The van der Waals surface area contributed by atoms with Crippen LogP contribution in [0.2, 0.25) is 0 Å². The van der Waals surface area contributed by atoms with Gasteiger partial charge in [-0.15, -0.1) is 0 Å². The van der Waals surface area contributed by atoms with Crippen molar-refractivity contribution in [3.8, 4) is 5.75 Å². The minimum absolute atomic E-state index is 0.0308. The highest BCUT2D eigenvalue weighted by molar-refractivity contribution is 7.89. The summed E-state index contributed by atoms with van der Waals surface area (Å²) in [6.07, 6.45) is 4.00. The van der Waals surface area contributed by atoms with Crippen LogP contribution in [0.1, 0.15) is 48.8 Å². The van der Waals surface area contributed by atoms with Crippen LogP contribution in [0.5, 0.6) is 5.75 Å². The zero-order valence-electron chi connectivity index (χ0n) is 22.6. The number of sulfonamides is 1. The molecule has 1 aromatic heterocycles. The van der Waals surface area contributed by atoms with Crippen molar-refractivity contribution >= 4 is 33.8 Å². The molecule has 0 bridgehead atoms. The fraction of sp³-hybridized carbons (Fsp3) is 0.379. The van der Waals surface area contributed by atoms with Crippen molar-refractivity contribution in [2.75, 3.05) is 24.5 Å². The van der Waals surface area contributed by atoms with Crippen molar-refractivity contribution in [2.45, 2.75) is 51.0 Å². The molecule has 3 heterocycles. The van der Waals surface area contributed by atoms with Crippen molar-refractivity contribution in [2.24, 2.45) is 5.92 Å². The first-order chi connectivity index (χ1) is 19.1. The Bertz CT molecular complexity index is 1560. The second-order valence-corrected chi connectivity index (χ2v) is 12.1. The lowest BCUT2D eigenvalue weighted by atomic mass is 9.95. The number of ether oxygens (including phenoxy) is 1. The van der Waals surface area contributed by atoms with Gasteiger partial charge in [-0.25, -0.2) is 17.2 Å². The van der Waals surface area contributed by atoms with Crippen LogP contribution in [-0.4, -0.2) is 49.5 Å². The Labute approximate surface area is 232 Å². The first kappa shape index (κ1) is 28.0. The first-order valence-electron chi connectivity index (χ1n) is 13.3. The molecule has 8 nitrogen and oxygen atoms in total. The lowest BCUT2D eigenvalue weighted by Gasteiger charge is -2.38. The monoisotopic (exact) mass is 571 g/mol. The molecule has 2 aliphatic rings. The average molecular weight is 572 g/mol. The van der Waals surface area contributed by atoms with Gasteiger partial charge in [-0.2, -0.15) is 4.31 Å². The molecule has 0 spiro atoms. The van der Waals surface area contributed by atoms with Crippen LogP contribution in [0.15, 0.2) is 45.8 Å². The van der Waals surface area contributed by atoms with E-state index in [1.807, 2.05) is 32.0 Å². The quantitative estimate of drug-likeness (QED) is 0.396. The first-order valence-corrected chi connectivity index (χ1v) is 14.7. The van der Waals surface area contributed by atoms with Gasteiger partial charge in [0.1, 0.15) is 29.2 Å². The summed E-state index contributed by atoms with van der Waals surface area (Å²) in [5.41, 5.74) is 2.01. The molecule has 0 radical (unpaired) electrons. The second-order valence-electron chi connectivity index (χ2n) is 10.2. The SMILES string of the molecule is CC[C@H]1CN(C(=O)C2CCN(S(=O)(=O)c3c(C)noc3/C=C/c3ccc(F)cc3F)CC2)c2cc(C)ccc2O1. The summed E-state index contributed by atoms with van der Waals surface area (Å²) in [5.74, 6) is -1.23. The zero-order valence-corrected chi connectivity index (χ0v) is 23.4. The Balaban J connectivity index is 1.32. The van der Waals surface area contributed by atoms with E-state index in [9.17, 15) is 22.0 Å². The van der Waals surface area contributed by atoms with Crippen LogP contribution >= 0.6 is 0 Å². The fourth-order valence-corrected chi connectivity index (χ4v) is 6.89.